The van der Waals surface area contributed by atoms with Crippen molar-refractivity contribution in [3.63, 3.8) is 0 Å². The Bertz CT molecular complexity index is 749. The fourth-order valence-electron chi connectivity index (χ4n) is 3.13. The molecule has 0 saturated carbocycles. The molecule has 2 aromatic carbocycles. The van der Waals surface area contributed by atoms with Crippen molar-refractivity contribution in [2.24, 2.45) is 0 Å². The summed E-state index contributed by atoms with van der Waals surface area (Å²) in [4.78, 5) is 0. The molecular formula is C23H27NO2. The maximum atomic E-state index is 5.77. The lowest BCUT2D eigenvalue weighted by molar-refractivity contribution is 0.242. The third-order valence-corrected chi connectivity index (χ3v) is 4.35. The van der Waals surface area contributed by atoms with Gasteiger partial charge in [-0.3, -0.25) is 0 Å². The number of rotatable bonds is 9. The molecule has 0 aliphatic heterocycles. The van der Waals surface area contributed by atoms with E-state index in [1.54, 1.807) is 6.26 Å². The SMILES string of the molecule is CC(C)Oc1ccc([C@H](CCNCc2ccco2)c2ccccc2)cc1. The Hall–Kier alpha value is -2.52. The molecule has 0 saturated heterocycles. The molecule has 0 radical (unpaired) electrons. The van der Waals surface area contributed by atoms with Crippen LogP contribution in [0.5, 0.6) is 5.75 Å². The van der Waals surface area contributed by atoms with Crippen LogP contribution in [0.25, 0.3) is 0 Å². The molecule has 3 nitrogen and oxygen atoms in total. The number of furan rings is 1. The van der Waals surface area contributed by atoms with Crippen molar-refractivity contribution in [3.8, 4) is 5.75 Å². The van der Waals surface area contributed by atoms with Crippen molar-refractivity contribution in [3.05, 3.63) is 89.9 Å². The van der Waals surface area contributed by atoms with Crippen LogP contribution in [-0.2, 0) is 6.54 Å². The van der Waals surface area contributed by atoms with Gasteiger partial charge in [0.1, 0.15) is 11.5 Å². The lowest BCUT2D eigenvalue weighted by Gasteiger charge is -2.19. The summed E-state index contributed by atoms with van der Waals surface area (Å²) in [5, 5.41) is 3.48. The molecule has 136 valence electrons. The van der Waals surface area contributed by atoms with Gasteiger partial charge in [-0.2, -0.15) is 0 Å². The van der Waals surface area contributed by atoms with Crippen LogP contribution in [0, 0.1) is 0 Å². The maximum Gasteiger partial charge on any atom is 0.119 e. The van der Waals surface area contributed by atoms with Crippen LogP contribution >= 0.6 is 0 Å². The van der Waals surface area contributed by atoms with E-state index < -0.39 is 0 Å². The van der Waals surface area contributed by atoms with E-state index in [2.05, 4.69) is 59.9 Å². The fourth-order valence-corrected chi connectivity index (χ4v) is 3.13. The van der Waals surface area contributed by atoms with Gasteiger partial charge >= 0.3 is 0 Å². The molecule has 0 spiro atoms. The average Bonchev–Trinajstić information content (AvgIpc) is 3.16. The van der Waals surface area contributed by atoms with Crippen LogP contribution in [0.3, 0.4) is 0 Å². The molecule has 0 amide bonds. The molecule has 3 heteroatoms. The zero-order chi connectivity index (χ0) is 18.2. The Morgan fingerprint density at radius 3 is 2.27 bits per heavy atom. The quantitative estimate of drug-likeness (QED) is 0.527. The van der Waals surface area contributed by atoms with Crippen molar-refractivity contribution in [2.45, 2.75) is 38.8 Å². The summed E-state index contributed by atoms with van der Waals surface area (Å²) in [7, 11) is 0. The van der Waals surface area contributed by atoms with Crippen LogP contribution in [0.2, 0.25) is 0 Å². The monoisotopic (exact) mass is 349 g/mol. The number of hydrogen-bond donors (Lipinski definition) is 1. The molecular weight excluding hydrogens is 322 g/mol. The van der Waals surface area contributed by atoms with Crippen molar-refractivity contribution in [1.82, 2.24) is 5.32 Å². The Kier molecular flexibility index (Phi) is 6.50. The number of benzene rings is 2. The summed E-state index contributed by atoms with van der Waals surface area (Å²) < 4.78 is 11.1. The Morgan fingerprint density at radius 1 is 0.885 bits per heavy atom. The lowest BCUT2D eigenvalue weighted by Crippen LogP contribution is -2.17. The van der Waals surface area contributed by atoms with Crippen molar-refractivity contribution < 1.29 is 9.15 Å². The van der Waals surface area contributed by atoms with Gasteiger partial charge in [0.2, 0.25) is 0 Å². The molecule has 3 aromatic rings. The first-order valence-corrected chi connectivity index (χ1v) is 9.27. The summed E-state index contributed by atoms with van der Waals surface area (Å²) in [6.07, 6.45) is 2.93. The first-order chi connectivity index (χ1) is 12.7. The highest BCUT2D eigenvalue weighted by Crippen LogP contribution is 2.29. The van der Waals surface area contributed by atoms with Crippen molar-refractivity contribution in [1.29, 1.82) is 0 Å². The van der Waals surface area contributed by atoms with Gasteiger partial charge in [0.15, 0.2) is 0 Å². The second kappa shape index (κ2) is 9.25. The Balaban J connectivity index is 1.67. The van der Waals surface area contributed by atoms with E-state index in [1.807, 2.05) is 26.0 Å². The first kappa shape index (κ1) is 18.3. The van der Waals surface area contributed by atoms with E-state index in [4.69, 9.17) is 9.15 Å². The van der Waals surface area contributed by atoms with Gasteiger partial charge in [-0.25, -0.2) is 0 Å². The first-order valence-electron chi connectivity index (χ1n) is 9.27. The predicted molar refractivity (Wildman–Crippen MR) is 106 cm³/mol. The van der Waals surface area contributed by atoms with E-state index >= 15 is 0 Å². The van der Waals surface area contributed by atoms with E-state index in [0.717, 1.165) is 31.0 Å². The fraction of sp³-hybridized carbons (Fsp3) is 0.304. The molecule has 0 unspecified atom stereocenters. The van der Waals surface area contributed by atoms with E-state index in [0.29, 0.717) is 5.92 Å². The molecule has 3 rings (SSSR count). The van der Waals surface area contributed by atoms with Crippen molar-refractivity contribution in [2.75, 3.05) is 6.54 Å². The zero-order valence-corrected chi connectivity index (χ0v) is 15.5. The molecule has 0 aliphatic rings. The van der Waals surface area contributed by atoms with E-state index in [9.17, 15) is 0 Å². The van der Waals surface area contributed by atoms with Crippen LogP contribution in [0.1, 0.15) is 43.1 Å². The summed E-state index contributed by atoms with van der Waals surface area (Å²) in [6, 6.07) is 23.1. The third kappa shape index (κ3) is 5.24. The third-order valence-electron chi connectivity index (χ3n) is 4.35. The number of ether oxygens (including phenoxy) is 1. The average molecular weight is 349 g/mol. The van der Waals surface area contributed by atoms with Crippen LogP contribution in [-0.4, -0.2) is 12.6 Å². The molecule has 0 aliphatic carbocycles. The van der Waals surface area contributed by atoms with E-state index in [-0.39, 0.29) is 6.10 Å². The van der Waals surface area contributed by atoms with Gasteiger partial charge in [-0.1, -0.05) is 42.5 Å². The highest BCUT2D eigenvalue weighted by atomic mass is 16.5. The smallest absolute Gasteiger partial charge is 0.119 e. The minimum Gasteiger partial charge on any atom is -0.491 e. The standard InChI is InChI=1S/C23H27NO2/c1-18(2)26-21-12-10-20(11-13-21)23(19-7-4-3-5-8-19)14-15-24-17-22-9-6-16-25-22/h3-13,16,18,23-24H,14-15,17H2,1-2H3/t23-/m1/s1. The maximum absolute atomic E-state index is 5.77. The second-order valence-electron chi connectivity index (χ2n) is 6.74. The van der Waals surface area contributed by atoms with Crippen LogP contribution < -0.4 is 10.1 Å². The van der Waals surface area contributed by atoms with Gasteiger partial charge in [-0.15, -0.1) is 0 Å². The molecule has 1 N–H and O–H groups in total. The highest BCUT2D eigenvalue weighted by Gasteiger charge is 2.14. The molecule has 1 atom stereocenters. The largest absolute Gasteiger partial charge is 0.491 e. The van der Waals surface area contributed by atoms with E-state index in [1.165, 1.54) is 11.1 Å². The van der Waals surface area contributed by atoms with Gasteiger partial charge in [-0.05, 0) is 62.2 Å². The topological polar surface area (TPSA) is 34.4 Å². The number of hydrogen-bond acceptors (Lipinski definition) is 3. The second-order valence-corrected chi connectivity index (χ2v) is 6.74. The highest BCUT2D eigenvalue weighted by molar-refractivity contribution is 5.36. The zero-order valence-electron chi connectivity index (χ0n) is 15.5. The summed E-state index contributed by atoms with van der Waals surface area (Å²) in [5.74, 6) is 2.25. The minimum absolute atomic E-state index is 0.191. The minimum atomic E-state index is 0.191. The molecule has 1 aromatic heterocycles. The van der Waals surface area contributed by atoms with Crippen LogP contribution in [0.4, 0.5) is 0 Å². The Labute approximate surface area is 156 Å². The van der Waals surface area contributed by atoms with Crippen molar-refractivity contribution >= 4 is 0 Å². The molecule has 1 heterocycles. The molecule has 0 fully saturated rings. The predicted octanol–water partition coefficient (Wildman–Crippen LogP) is 5.38. The van der Waals surface area contributed by atoms with Gasteiger partial charge in [0.05, 0.1) is 18.9 Å². The molecule has 0 bridgehead atoms. The summed E-state index contributed by atoms with van der Waals surface area (Å²) >= 11 is 0. The van der Waals surface area contributed by atoms with Gasteiger partial charge < -0.3 is 14.5 Å². The Morgan fingerprint density at radius 2 is 1.62 bits per heavy atom. The molecule has 26 heavy (non-hydrogen) atoms. The lowest BCUT2D eigenvalue weighted by atomic mass is 9.88. The van der Waals surface area contributed by atoms with Gasteiger partial charge in [0, 0.05) is 5.92 Å². The number of nitrogens with one attached hydrogen (secondary N) is 1. The van der Waals surface area contributed by atoms with Crippen LogP contribution in [0.15, 0.2) is 77.4 Å². The summed E-state index contributed by atoms with van der Waals surface area (Å²) in [6.45, 7) is 5.77. The van der Waals surface area contributed by atoms with Gasteiger partial charge in [0.25, 0.3) is 0 Å². The normalized spacial score (nSPS) is 12.3. The summed E-state index contributed by atoms with van der Waals surface area (Å²) in [5.41, 5.74) is 2.65.